The molecule has 0 heterocycles. The van der Waals surface area contributed by atoms with Crippen molar-refractivity contribution < 1.29 is 4.79 Å². The van der Waals surface area contributed by atoms with Crippen molar-refractivity contribution in [2.45, 2.75) is 13.5 Å². The summed E-state index contributed by atoms with van der Waals surface area (Å²) in [6.45, 7) is 3.42. The molecular formula is C17H18Cl2N2O. The molecule has 0 bridgehead atoms. The molecule has 0 fully saturated rings. The van der Waals surface area contributed by atoms with E-state index >= 15 is 0 Å². The molecular weight excluding hydrogens is 319 g/mol. The van der Waals surface area contributed by atoms with Crippen LogP contribution < -0.4 is 5.32 Å². The van der Waals surface area contributed by atoms with E-state index in [1.165, 1.54) is 0 Å². The van der Waals surface area contributed by atoms with Crippen molar-refractivity contribution >= 4 is 34.8 Å². The highest BCUT2D eigenvalue weighted by atomic mass is 35.5. The van der Waals surface area contributed by atoms with Gasteiger partial charge in [-0.1, -0.05) is 53.5 Å². The quantitative estimate of drug-likeness (QED) is 0.844. The van der Waals surface area contributed by atoms with Crippen LogP contribution in [0.4, 0.5) is 5.69 Å². The first-order valence-electron chi connectivity index (χ1n) is 7.10. The fourth-order valence-electron chi connectivity index (χ4n) is 2.10. The topological polar surface area (TPSA) is 32.3 Å². The molecule has 116 valence electrons. The summed E-state index contributed by atoms with van der Waals surface area (Å²) in [5, 5.41) is 4.14. The SMILES string of the molecule is CCN(Cc1ccccc1)C(=O)CNc1ccc(Cl)cc1Cl. The van der Waals surface area contributed by atoms with Crippen LogP contribution in [-0.2, 0) is 11.3 Å². The third-order valence-corrected chi connectivity index (χ3v) is 3.86. The minimum Gasteiger partial charge on any atom is -0.375 e. The molecule has 0 radical (unpaired) electrons. The summed E-state index contributed by atoms with van der Waals surface area (Å²) >= 11 is 11.9. The van der Waals surface area contributed by atoms with E-state index in [0.717, 1.165) is 5.56 Å². The van der Waals surface area contributed by atoms with Gasteiger partial charge in [0.05, 0.1) is 17.3 Å². The summed E-state index contributed by atoms with van der Waals surface area (Å²) < 4.78 is 0. The first kappa shape index (κ1) is 16.7. The number of anilines is 1. The van der Waals surface area contributed by atoms with Crippen LogP contribution in [0.15, 0.2) is 48.5 Å². The minimum absolute atomic E-state index is 0.0253. The number of amides is 1. The second-order valence-corrected chi connectivity index (χ2v) is 5.71. The zero-order valence-electron chi connectivity index (χ0n) is 12.4. The predicted octanol–water partition coefficient (Wildman–Crippen LogP) is 4.45. The van der Waals surface area contributed by atoms with Gasteiger partial charge in [-0.15, -0.1) is 0 Å². The first-order valence-corrected chi connectivity index (χ1v) is 7.86. The molecule has 0 spiro atoms. The van der Waals surface area contributed by atoms with E-state index in [9.17, 15) is 4.79 Å². The highest BCUT2D eigenvalue weighted by Gasteiger charge is 2.12. The van der Waals surface area contributed by atoms with Crippen LogP contribution in [0.3, 0.4) is 0 Å². The molecule has 2 aromatic carbocycles. The van der Waals surface area contributed by atoms with Crippen molar-refractivity contribution in [3.8, 4) is 0 Å². The van der Waals surface area contributed by atoms with E-state index in [2.05, 4.69) is 5.32 Å². The predicted molar refractivity (Wildman–Crippen MR) is 92.5 cm³/mol. The first-order chi connectivity index (χ1) is 10.6. The molecule has 2 rings (SSSR count). The van der Waals surface area contributed by atoms with Gasteiger partial charge < -0.3 is 10.2 Å². The van der Waals surface area contributed by atoms with Crippen molar-refractivity contribution in [1.29, 1.82) is 0 Å². The van der Waals surface area contributed by atoms with Gasteiger partial charge in [0.15, 0.2) is 0 Å². The summed E-state index contributed by atoms with van der Waals surface area (Å²) in [7, 11) is 0. The highest BCUT2D eigenvalue weighted by molar-refractivity contribution is 6.36. The Bertz CT molecular complexity index is 632. The number of rotatable bonds is 6. The number of nitrogens with one attached hydrogen (secondary N) is 1. The number of likely N-dealkylation sites (N-methyl/N-ethyl adjacent to an activating group) is 1. The minimum atomic E-state index is 0.0253. The number of carbonyl (C=O) groups excluding carboxylic acids is 1. The Morgan fingerprint density at radius 3 is 2.50 bits per heavy atom. The number of carbonyl (C=O) groups is 1. The smallest absolute Gasteiger partial charge is 0.242 e. The Kier molecular flexibility index (Phi) is 6.10. The van der Waals surface area contributed by atoms with Crippen molar-refractivity contribution in [2.75, 3.05) is 18.4 Å². The molecule has 2 aromatic rings. The highest BCUT2D eigenvalue weighted by Crippen LogP contribution is 2.25. The van der Waals surface area contributed by atoms with E-state index in [1.54, 1.807) is 23.1 Å². The number of benzene rings is 2. The molecule has 1 N–H and O–H groups in total. The molecule has 0 aromatic heterocycles. The van der Waals surface area contributed by atoms with E-state index in [4.69, 9.17) is 23.2 Å². The van der Waals surface area contributed by atoms with Crippen LogP contribution in [0.25, 0.3) is 0 Å². The Morgan fingerprint density at radius 1 is 1.14 bits per heavy atom. The lowest BCUT2D eigenvalue weighted by Crippen LogP contribution is -2.35. The zero-order chi connectivity index (χ0) is 15.9. The van der Waals surface area contributed by atoms with Crippen LogP contribution in [0.1, 0.15) is 12.5 Å². The third-order valence-electron chi connectivity index (χ3n) is 3.31. The molecule has 1 amide bonds. The van der Waals surface area contributed by atoms with Crippen LogP contribution in [0, 0.1) is 0 Å². The van der Waals surface area contributed by atoms with Gasteiger partial charge in [0.1, 0.15) is 0 Å². The monoisotopic (exact) mass is 336 g/mol. The summed E-state index contributed by atoms with van der Waals surface area (Å²) in [4.78, 5) is 14.1. The fraction of sp³-hybridized carbons (Fsp3) is 0.235. The molecule has 0 aliphatic carbocycles. The van der Waals surface area contributed by atoms with Gasteiger partial charge >= 0.3 is 0 Å². The van der Waals surface area contributed by atoms with E-state index in [1.807, 2.05) is 37.3 Å². The average molecular weight is 337 g/mol. The maximum absolute atomic E-state index is 12.3. The number of nitrogens with zero attached hydrogens (tertiary/aromatic N) is 1. The van der Waals surface area contributed by atoms with Gasteiger partial charge in [0.25, 0.3) is 0 Å². The van der Waals surface area contributed by atoms with Gasteiger partial charge in [0, 0.05) is 18.1 Å². The lowest BCUT2D eigenvalue weighted by molar-refractivity contribution is -0.129. The van der Waals surface area contributed by atoms with Crippen molar-refractivity contribution in [3.63, 3.8) is 0 Å². The van der Waals surface area contributed by atoms with Gasteiger partial charge in [-0.2, -0.15) is 0 Å². The lowest BCUT2D eigenvalue weighted by atomic mass is 10.2. The molecule has 0 unspecified atom stereocenters. The Hall–Kier alpha value is -1.71. The third kappa shape index (κ3) is 4.65. The van der Waals surface area contributed by atoms with Crippen molar-refractivity contribution in [3.05, 3.63) is 64.1 Å². The summed E-state index contributed by atoms with van der Waals surface area (Å²) in [5.74, 6) is 0.0253. The fourth-order valence-corrected chi connectivity index (χ4v) is 2.57. The molecule has 3 nitrogen and oxygen atoms in total. The largest absolute Gasteiger partial charge is 0.375 e. The second kappa shape index (κ2) is 8.06. The Morgan fingerprint density at radius 2 is 1.86 bits per heavy atom. The molecule has 0 saturated heterocycles. The average Bonchev–Trinajstić information content (AvgIpc) is 2.52. The van der Waals surface area contributed by atoms with Gasteiger partial charge in [-0.25, -0.2) is 0 Å². The maximum Gasteiger partial charge on any atom is 0.242 e. The summed E-state index contributed by atoms with van der Waals surface area (Å²) in [6, 6.07) is 15.1. The molecule has 0 saturated carbocycles. The van der Waals surface area contributed by atoms with Crippen LogP contribution in [0.2, 0.25) is 10.0 Å². The van der Waals surface area contributed by atoms with Gasteiger partial charge in [-0.05, 0) is 30.7 Å². The molecule has 5 heteroatoms. The molecule has 0 atom stereocenters. The van der Waals surface area contributed by atoms with E-state index in [-0.39, 0.29) is 12.5 Å². The summed E-state index contributed by atoms with van der Waals surface area (Å²) in [5.41, 5.74) is 1.82. The molecule has 0 aliphatic heterocycles. The Labute approximate surface area is 140 Å². The van der Waals surface area contributed by atoms with Gasteiger partial charge in [0.2, 0.25) is 5.91 Å². The normalized spacial score (nSPS) is 10.3. The molecule has 22 heavy (non-hydrogen) atoms. The number of hydrogen-bond donors (Lipinski definition) is 1. The number of hydrogen-bond acceptors (Lipinski definition) is 2. The maximum atomic E-state index is 12.3. The van der Waals surface area contributed by atoms with E-state index in [0.29, 0.717) is 28.8 Å². The van der Waals surface area contributed by atoms with Crippen molar-refractivity contribution in [1.82, 2.24) is 4.90 Å². The standard InChI is InChI=1S/C17H18Cl2N2O/c1-2-21(12-13-6-4-3-5-7-13)17(22)11-20-16-9-8-14(18)10-15(16)19/h3-10,20H,2,11-12H2,1H3. The van der Waals surface area contributed by atoms with Crippen LogP contribution in [-0.4, -0.2) is 23.9 Å². The number of halogens is 2. The van der Waals surface area contributed by atoms with Gasteiger partial charge in [-0.3, -0.25) is 4.79 Å². The van der Waals surface area contributed by atoms with E-state index < -0.39 is 0 Å². The van der Waals surface area contributed by atoms with Crippen molar-refractivity contribution in [2.24, 2.45) is 0 Å². The summed E-state index contributed by atoms with van der Waals surface area (Å²) in [6.07, 6.45) is 0. The molecule has 0 aliphatic rings. The lowest BCUT2D eigenvalue weighted by Gasteiger charge is -2.21. The van der Waals surface area contributed by atoms with Crippen LogP contribution >= 0.6 is 23.2 Å². The zero-order valence-corrected chi connectivity index (χ0v) is 13.9. The second-order valence-electron chi connectivity index (χ2n) is 4.87. The van der Waals surface area contributed by atoms with Crippen LogP contribution in [0.5, 0.6) is 0 Å². The Balaban J connectivity index is 1.94.